The van der Waals surface area contributed by atoms with E-state index in [-0.39, 0.29) is 23.0 Å². The van der Waals surface area contributed by atoms with Crippen LogP contribution in [0.25, 0.3) is 0 Å². The van der Waals surface area contributed by atoms with Crippen molar-refractivity contribution in [1.82, 2.24) is 9.62 Å². The van der Waals surface area contributed by atoms with Crippen molar-refractivity contribution in [3.8, 4) is 0 Å². The van der Waals surface area contributed by atoms with Crippen LogP contribution in [-0.2, 0) is 21.4 Å². The van der Waals surface area contributed by atoms with Gasteiger partial charge in [-0.05, 0) is 14.0 Å². The van der Waals surface area contributed by atoms with Gasteiger partial charge in [-0.3, -0.25) is 0 Å². The molecule has 0 saturated carbocycles. The van der Waals surface area contributed by atoms with Gasteiger partial charge < -0.3 is 19.2 Å². The topological polar surface area (TPSA) is 92.0 Å². The normalized spacial score (nSPS) is 12.2. The predicted octanol–water partition coefficient (Wildman–Crippen LogP) is -0.0632. The highest BCUT2D eigenvalue weighted by Gasteiger charge is 2.20. The van der Waals surface area contributed by atoms with Gasteiger partial charge in [0, 0.05) is 32.8 Å². The summed E-state index contributed by atoms with van der Waals surface area (Å²) in [6.45, 7) is 3.43. The number of methoxy groups -OCH3 is 1. The summed E-state index contributed by atoms with van der Waals surface area (Å²) in [5.74, 6) is 0.509. The van der Waals surface area contributed by atoms with Gasteiger partial charge in [-0.2, -0.15) is 0 Å². The van der Waals surface area contributed by atoms with Crippen LogP contribution in [0.4, 0.5) is 0 Å². The van der Waals surface area contributed by atoms with Crippen LogP contribution < -0.4 is 4.72 Å². The monoisotopic (exact) mass is 306 g/mol. The molecule has 116 valence electrons. The molecule has 0 unspecified atom stereocenters. The standard InChI is InChI=1S/C12H22N2O5S/c1-10-12(8-11(9-15)19-10)20(16,17)13-4-5-14(2)6-7-18-3/h8,13,15H,4-7,9H2,1-3H3. The Kier molecular flexibility index (Phi) is 6.63. The molecule has 0 bridgehead atoms. The highest BCUT2D eigenvalue weighted by molar-refractivity contribution is 7.89. The third kappa shape index (κ3) is 4.88. The van der Waals surface area contributed by atoms with Crippen molar-refractivity contribution >= 4 is 10.0 Å². The molecule has 1 aromatic rings. The molecule has 0 saturated heterocycles. The predicted molar refractivity (Wildman–Crippen MR) is 73.9 cm³/mol. The lowest BCUT2D eigenvalue weighted by atomic mass is 10.4. The second kappa shape index (κ2) is 7.75. The molecule has 0 aliphatic carbocycles. The number of aliphatic hydroxyl groups is 1. The third-order valence-corrected chi connectivity index (χ3v) is 4.40. The van der Waals surface area contributed by atoms with E-state index in [1.54, 1.807) is 14.0 Å². The first-order chi connectivity index (χ1) is 9.40. The van der Waals surface area contributed by atoms with Crippen LogP contribution in [-0.4, -0.2) is 58.8 Å². The number of likely N-dealkylation sites (N-methyl/N-ethyl adjacent to an activating group) is 1. The number of sulfonamides is 1. The molecule has 0 radical (unpaired) electrons. The van der Waals surface area contributed by atoms with Crippen molar-refractivity contribution in [1.29, 1.82) is 0 Å². The number of nitrogens with one attached hydrogen (secondary N) is 1. The van der Waals surface area contributed by atoms with Crippen molar-refractivity contribution in [3.63, 3.8) is 0 Å². The van der Waals surface area contributed by atoms with Gasteiger partial charge in [-0.1, -0.05) is 0 Å². The number of hydrogen-bond acceptors (Lipinski definition) is 6. The number of hydrogen-bond donors (Lipinski definition) is 2. The minimum atomic E-state index is -3.61. The van der Waals surface area contributed by atoms with Gasteiger partial charge in [-0.15, -0.1) is 0 Å². The number of nitrogens with zero attached hydrogens (tertiary/aromatic N) is 1. The van der Waals surface area contributed by atoms with E-state index in [9.17, 15) is 8.42 Å². The fraction of sp³-hybridized carbons (Fsp3) is 0.667. The maximum atomic E-state index is 12.1. The minimum absolute atomic E-state index is 0.0705. The summed E-state index contributed by atoms with van der Waals surface area (Å²) in [4.78, 5) is 2.04. The molecular formula is C12H22N2O5S. The molecule has 2 N–H and O–H groups in total. The molecule has 0 spiro atoms. The molecule has 20 heavy (non-hydrogen) atoms. The van der Waals surface area contributed by atoms with E-state index < -0.39 is 10.0 Å². The number of rotatable bonds is 9. The molecule has 0 aromatic carbocycles. The Bertz CT molecular complexity index is 512. The van der Waals surface area contributed by atoms with Gasteiger partial charge in [0.25, 0.3) is 0 Å². The van der Waals surface area contributed by atoms with Crippen molar-refractivity contribution in [2.24, 2.45) is 0 Å². The number of furan rings is 1. The van der Waals surface area contributed by atoms with E-state index in [0.717, 1.165) is 6.54 Å². The van der Waals surface area contributed by atoms with Crippen LogP contribution in [0, 0.1) is 6.92 Å². The van der Waals surface area contributed by atoms with Crippen LogP contribution in [0.2, 0.25) is 0 Å². The molecule has 8 heteroatoms. The molecule has 7 nitrogen and oxygen atoms in total. The van der Waals surface area contributed by atoms with Crippen molar-refractivity contribution in [3.05, 3.63) is 17.6 Å². The molecule has 1 heterocycles. The molecule has 0 amide bonds. The van der Waals surface area contributed by atoms with Crippen LogP contribution in [0.3, 0.4) is 0 Å². The van der Waals surface area contributed by atoms with Gasteiger partial charge in [-0.25, -0.2) is 13.1 Å². The molecule has 1 rings (SSSR count). The van der Waals surface area contributed by atoms with Crippen molar-refractivity contribution in [2.75, 3.05) is 40.4 Å². The first-order valence-corrected chi connectivity index (χ1v) is 7.76. The van der Waals surface area contributed by atoms with Crippen LogP contribution >= 0.6 is 0 Å². The molecule has 0 aliphatic heterocycles. The summed E-state index contributed by atoms with van der Waals surface area (Å²) in [6, 6.07) is 1.34. The average Bonchev–Trinajstić information content (AvgIpc) is 2.78. The minimum Gasteiger partial charge on any atom is -0.462 e. The summed E-state index contributed by atoms with van der Waals surface area (Å²) in [7, 11) is -0.0980. The van der Waals surface area contributed by atoms with Gasteiger partial charge >= 0.3 is 0 Å². The first-order valence-electron chi connectivity index (χ1n) is 6.28. The zero-order valence-electron chi connectivity index (χ0n) is 12.0. The van der Waals surface area contributed by atoms with Crippen LogP contribution in [0.5, 0.6) is 0 Å². The highest BCUT2D eigenvalue weighted by atomic mass is 32.2. The fourth-order valence-corrected chi connectivity index (χ4v) is 2.90. The van der Waals surface area contributed by atoms with Crippen molar-refractivity contribution in [2.45, 2.75) is 18.4 Å². The van der Waals surface area contributed by atoms with E-state index in [0.29, 0.717) is 19.7 Å². The maximum absolute atomic E-state index is 12.1. The second-order valence-corrected chi connectivity index (χ2v) is 6.22. The Morgan fingerprint density at radius 3 is 2.70 bits per heavy atom. The van der Waals surface area contributed by atoms with Gasteiger partial charge in [0.1, 0.15) is 23.0 Å². The number of aliphatic hydroxyl groups excluding tert-OH is 1. The SMILES string of the molecule is COCCN(C)CCNS(=O)(=O)c1cc(CO)oc1C. The molecule has 0 fully saturated rings. The zero-order valence-corrected chi connectivity index (χ0v) is 12.9. The van der Waals surface area contributed by atoms with Gasteiger partial charge in [0.2, 0.25) is 10.0 Å². The smallest absolute Gasteiger partial charge is 0.244 e. The quantitative estimate of drug-likeness (QED) is 0.664. The fourth-order valence-electron chi connectivity index (χ4n) is 1.68. The zero-order chi connectivity index (χ0) is 15.2. The molecule has 1 aromatic heterocycles. The van der Waals surface area contributed by atoms with Crippen LogP contribution in [0.1, 0.15) is 11.5 Å². The summed E-state index contributed by atoms with van der Waals surface area (Å²) < 4.78 is 36.8. The summed E-state index contributed by atoms with van der Waals surface area (Å²) in [5, 5.41) is 8.94. The van der Waals surface area contributed by atoms with E-state index in [1.165, 1.54) is 6.07 Å². The number of aryl methyl sites for hydroxylation is 1. The van der Waals surface area contributed by atoms with Crippen LogP contribution in [0.15, 0.2) is 15.4 Å². The first kappa shape index (κ1) is 17.1. The molecule has 0 atom stereocenters. The maximum Gasteiger partial charge on any atom is 0.244 e. The van der Waals surface area contributed by atoms with E-state index in [2.05, 4.69) is 4.72 Å². The number of ether oxygens (including phenoxy) is 1. The Hall–Kier alpha value is -0.930. The van der Waals surface area contributed by atoms with E-state index in [1.807, 2.05) is 11.9 Å². The lowest BCUT2D eigenvalue weighted by Crippen LogP contribution is -2.34. The summed E-state index contributed by atoms with van der Waals surface area (Å²) in [5.41, 5.74) is 0. The van der Waals surface area contributed by atoms with E-state index in [4.69, 9.17) is 14.3 Å². The largest absolute Gasteiger partial charge is 0.462 e. The molecule has 0 aliphatic rings. The summed E-state index contributed by atoms with van der Waals surface area (Å²) in [6.07, 6.45) is 0. The Balaban J connectivity index is 2.55. The van der Waals surface area contributed by atoms with Crippen molar-refractivity contribution < 1.29 is 22.7 Å². The Morgan fingerprint density at radius 2 is 2.15 bits per heavy atom. The van der Waals surface area contributed by atoms with E-state index >= 15 is 0 Å². The summed E-state index contributed by atoms with van der Waals surface area (Å²) >= 11 is 0. The van der Waals surface area contributed by atoms with Gasteiger partial charge in [0.05, 0.1) is 6.61 Å². The lowest BCUT2D eigenvalue weighted by Gasteiger charge is -2.16. The molecular weight excluding hydrogens is 284 g/mol. The average molecular weight is 306 g/mol. The Morgan fingerprint density at radius 1 is 1.45 bits per heavy atom. The second-order valence-electron chi connectivity index (χ2n) is 4.49. The third-order valence-electron chi connectivity index (χ3n) is 2.83. The lowest BCUT2D eigenvalue weighted by molar-refractivity contribution is 0.162. The van der Waals surface area contributed by atoms with Gasteiger partial charge in [0.15, 0.2) is 0 Å². The highest BCUT2D eigenvalue weighted by Crippen LogP contribution is 2.19. The Labute approximate surface area is 119 Å².